The monoisotopic (exact) mass is 318 g/mol. The normalized spacial score (nSPS) is 10.9. The standard InChI is InChI=1S/C16H15FN2O2S/c1-9-10(2)22-16(14(9)15(18)21)19-13(20)8-5-11-3-6-12(17)7-4-11/h3-8H,1-2H3,(H2,18,21)(H,19,20). The number of benzene rings is 1. The first kappa shape index (κ1) is 15.9. The fraction of sp³-hybridized carbons (Fsp3) is 0.125. The van der Waals surface area contributed by atoms with Gasteiger partial charge in [0.15, 0.2) is 0 Å². The van der Waals surface area contributed by atoms with Crippen molar-refractivity contribution in [1.29, 1.82) is 0 Å². The second-order valence-electron chi connectivity index (χ2n) is 4.73. The molecule has 0 bridgehead atoms. The van der Waals surface area contributed by atoms with E-state index >= 15 is 0 Å². The predicted molar refractivity (Wildman–Crippen MR) is 86.4 cm³/mol. The van der Waals surface area contributed by atoms with Crippen LogP contribution in [0.2, 0.25) is 0 Å². The molecule has 6 heteroatoms. The average Bonchev–Trinajstić information content (AvgIpc) is 2.73. The molecule has 0 unspecified atom stereocenters. The molecule has 0 atom stereocenters. The maximum Gasteiger partial charge on any atom is 0.251 e. The third kappa shape index (κ3) is 3.59. The van der Waals surface area contributed by atoms with Gasteiger partial charge in [0.1, 0.15) is 10.8 Å². The highest BCUT2D eigenvalue weighted by Crippen LogP contribution is 2.31. The Morgan fingerprint density at radius 1 is 1.23 bits per heavy atom. The van der Waals surface area contributed by atoms with Crippen molar-refractivity contribution in [3.05, 3.63) is 57.7 Å². The first-order valence-corrected chi connectivity index (χ1v) is 7.34. The third-order valence-electron chi connectivity index (χ3n) is 3.17. The molecule has 0 aliphatic carbocycles. The fourth-order valence-electron chi connectivity index (χ4n) is 1.91. The van der Waals surface area contributed by atoms with Gasteiger partial charge in [0.25, 0.3) is 5.91 Å². The van der Waals surface area contributed by atoms with Crippen LogP contribution < -0.4 is 11.1 Å². The van der Waals surface area contributed by atoms with Crippen LogP contribution in [0.5, 0.6) is 0 Å². The van der Waals surface area contributed by atoms with Crippen LogP contribution in [0.1, 0.15) is 26.4 Å². The second-order valence-corrected chi connectivity index (χ2v) is 5.95. The molecule has 0 aliphatic rings. The number of hydrogen-bond acceptors (Lipinski definition) is 3. The summed E-state index contributed by atoms with van der Waals surface area (Å²) >= 11 is 1.31. The number of carbonyl (C=O) groups is 2. The lowest BCUT2D eigenvalue weighted by Crippen LogP contribution is -2.16. The van der Waals surface area contributed by atoms with Crippen molar-refractivity contribution >= 4 is 34.2 Å². The third-order valence-corrected chi connectivity index (χ3v) is 4.29. The van der Waals surface area contributed by atoms with Gasteiger partial charge in [-0.1, -0.05) is 12.1 Å². The Labute approximate surface area is 131 Å². The summed E-state index contributed by atoms with van der Waals surface area (Å²) in [4.78, 5) is 24.3. The topological polar surface area (TPSA) is 72.2 Å². The first-order chi connectivity index (χ1) is 10.4. The number of aryl methyl sites for hydroxylation is 1. The Bertz CT molecular complexity index is 748. The Morgan fingerprint density at radius 2 is 1.86 bits per heavy atom. The zero-order valence-electron chi connectivity index (χ0n) is 12.1. The highest BCUT2D eigenvalue weighted by atomic mass is 32.1. The molecule has 0 aliphatic heterocycles. The summed E-state index contributed by atoms with van der Waals surface area (Å²) in [5, 5.41) is 3.09. The van der Waals surface area contributed by atoms with E-state index in [4.69, 9.17) is 5.73 Å². The minimum atomic E-state index is -0.570. The quantitative estimate of drug-likeness (QED) is 0.849. The van der Waals surface area contributed by atoms with Gasteiger partial charge >= 0.3 is 0 Å². The Hall–Kier alpha value is -2.47. The SMILES string of the molecule is Cc1sc(NC(=O)C=Cc2ccc(F)cc2)c(C(N)=O)c1C. The summed E-state index contributed by atoms with van der Waals surface area (Å²) in [6, 6.07) is 5.75. The molecule has 1 aromatic heterocycles. The molecule has 2 rings (SSSR count). The molecular formula is C16H15FN2O2S. The Morgan fingerprint density at radius 3 is 2.45 bits per heavy atom. The molecule has 0 saturated carbocycles. The zero-order valence-corrected chi connectivity index (χ0v) is 13.0. The lowest BCUT2D eigenvalue weighted by Gasteiger charge is -2.02. The van der Waals surface area contributed by atoms with Crippen LogP contribution in [-0.4, -0.2) is 11.8 Å². The van der Waals surface area contributed by atoms with Crippen LogP contribution in [0.15, 0.2) is 30.3 Å². The maximum absolute atomic E-state index is 12.8. The van der Waals surface area contributed by atoms with Crippen molar-refractivity contribution in [2.75, 3.05) is 5.32 Å². The highest BCUT2D eigenvalue weighted by Gasteiger charge is 2.18. The van der Waals surface area contributed by atoms with Gasteiger partial charge < -0.3 is 11.1 Å². The van der Waals surface area contributed by atoms with E-state index < -0.39 is 5.91 Å². The molecule has 4 nitrogen and oxygen atoms in total. The summed E-state index contributed by atoms with van der Waals surface area (Å²) in [6.45, 7) is 3.65. The van der Waals surface area contributed by atoms with Crippen LogP contribution in [0.25, 0.3) is 6.08 Å². The van der Waals surface area contributed by atoms with Crippen molar-refractivity contribution in [3.8, 4) is 0 Å². The van der Waals surface area contributed by atoms with Crippen LogP contribution in [0.3, 0.4) is 0 Å². The van der Waals surface area contributed by atoms with E-state index in [2.05, 4.69) is 5.32 Å². The molecular weight excluding hydrogens is 303 g/mol. The molecule has 0 spiro atoms. The Kier molecular flexibility index (Phi) is 4.72. The lowest BCUT2D eigenvalue weighted by atomic mass is 10.1. The summed E-state index contributed by atoms with van der Waals surface area (Å²) in [6.07, 6.45) is 2.88. The van der Waals surface area contributed by atoms with E-state index in [-0.39, 0.29) is 11.7 Å². The molecule has 2 aromatic rings. The van der Waals surface area contributed by atoms with Crippen LogP contribution in [0, 0.1) is 19.7 Å². The lowest BCUT2D eigenvalue weighted by molar-refractivity contribution is -0.111. The number of primary amides is 1. The summed E-state index contributed by atoms with van der Waals surface area (Å²) in [5.41, 5.74) is 7.16. The molecule has 1 heterocycles. The minimum Gasteiger partial charge on any atom is -0.365 e. The van der Waals surface area contributed by atoms with Crippen molar-refractivity contribution in [2.24, 2.45) is 5.73 Å². The van der Waals surface area contributed by atoms with Gasteiger partial charge in [0, 0.05) is 11.0 Å². The van der Waals surface area contributed by atoms with Crippen molar-refractivity contribution in [1.82, 2.24) is 0 Å². The second kappa shape index (κ2) is 6.53. The van der Waals surface area contributed by atoms with Gasteiger partial charge in [0.2, 0.25) is 5.91 Å². The van der Waals surface area contributed by atoms with Crippen molar-refractivity contribution in [2.45, 2.75) is 13.8 Å². The first-order valence-electron chi connectivity index (χ1n) is 6.53. The molecule has 0 fully saturated rings. The molecule has 22 heavy (non-hydrogen) atoms. The average molecular weight is 318 g/mol. The number of nitrogens with one attached hydrogen (secondary N) is 1. The van der Waals surface area contributed by atoms with Crippen molar-refractivity contribution in [3.63, 3.8) is 0 Å². The molecule has 0 saturated heterocycles. The van der Waals surface area contributed by atoms with Gasteiger partial charge in [-0.25, -0.2) is 4.39 Å². The number of nitrogens with two attached hydrogens (primary N) is 1. The minimum absolute atomic E-state index is 0.336. The smallest absolute Gasteiger partial charge is 0.251 e. The van der Waals surface area contributed by atoms with Gasteiger partial charge in [-0.3, -0.25) is 9.59 Å². The van der Waals surface area contributed by atoms with E-state index in [1.54, 1.807) is 25.1 Å². The van der Waals surface area contributed by atoms with E-state index in [0.717, 1.165) is 10.4 Å². The van der Waals surface area contributed by atoms with Crippen LogP contribution in [0.4, 0.5) is 9.39 Å². The van der Waals surface area contributed by atoms with Gasteiger partial charge in [-0.15, -0.1) is 11.3 Å². The number of anilines is 1. The molecule has 1 aromatic carbocycles. The van der Waals surface area contributed by atoms with Gasteiger partial charge in [-0.05, 0) is 43.2 Å². The summed E-state index contributed by atoms with van der Waals surface area (Å²) < 4.78 is 12.8. The van der Waals surface area contributed by atoms with Crippen LogP contribution in [-0.2, 0) is 4.79 Å². The van der Waals surface area contributed by atoms with E-state index in [1.807, 2.05) is 6.92 Å². The summed E-state index contributed by atoms with van der Waals surface area (Å²) in [5.74, 6) is -1.29. The molecule has 114 valence electrons. The summed E-state index contributed by atoms with van der Waals surface area (Å²) in [7, 11) is 0. The highest BCUT2D eigenvalue weighted by molar-refractivity contribution is 7.16. The maximum atomic E-state index is 12.8. The number of hydrogen-bond donors (Lipinski definition) is 2. The molecule has 0 radical (unpaired) electrons. The predicted octanol–water partition coefficient (Wildman–Crippen LogP) is 3.25. The largest absolute Gasteiger partial charge is 0.365 e. The number of carbonyl (C=O) groups excluding carboxylic acids is 2. The number of thiophene rings is 1. The fourth-order valence-corrected chi connectivity index (χ4v) is 2.98. The number of rotatable bonds is 4. The van der Waals surface area contributed by atoms with Crippen molar-refractivity contribution < 1.29 is 14.0 Å². The number of amides is 2. The Balaban J connectivity index is 2.14. The van der Waals surface area contributed by atoms with E-state index in [0.29, 0.717) is 16.1 Å². The van der Waals surface area contributed by atoms with Gasteiger partial charge in [-0.2, -0.15) is 0 Å². The van der Waals surface area contributed by atoms with Crippen LogP contribution >= 0.6 is 11.3 Å². The van der Waals surface area contributed by atoms with E-state index in [9.17, 15) is 14.0 Å². The van der Waals surface area contributed by atoms with Gasteiger partial charge in [0.05, 0.1) is 5.56 Å². The number of halogens is 1. The zero-order chi connectivity index (χ0) is 16.3. The van der Waals surface area contributed by atoms with E-state index in [1.165, 1.54) is 29.5 Å². The molecule has 2 amide bonds. The molecule has 3 N–H and O–H groups in total.